The first kappa shape index (κ1) is 25.5. The van der Waals surface area contributed by atoms with E-state index in [9.17, 15) is 9.59 Å². The molecule has 2 saturated carbocycles. The second-order valence-corrected chi connectivity index (χ2v) is 10.9. The summed E-state index contributed by atoms with van der Waals surface area (Å²) in [6.45, 7) is 6.97. The average molecular weight is 480 g/mol. The first-order valence-corrected chi connectivity index (χ1v) is 12.8. The van der Waals surface area contributed by atoms with E-state index in [0.717, 1.165) is 44.9 Å². The van der Waals surface area contributed by atoms with Gasteiger partial charge in [0.1, 0.15) is 29.5 Å². The van der Waals surface area contributed by atoms with E-state index < -0.39 is 29.8 Å². The highest BCUT2D eigenvalue weighted by Gasteiger charge is 2.72. The van der Waals surface area contributed by atoms with Crippen LogP contribution in [0.1, 0.15) is 72.1 Å². The minimum absolute atomic E-state index is 0.0399. The van der Waals surface area contributed by atoms with Crippen molar-refractivity contribution in [1.29, 1.82) is 0 Å². The summed E-state index contributed by atoms with van der Waals surface area (Å²) in [4.78, 5) is 25.4. The number of nitrogens with one attached hydrogen (secondary N) is 1. The predicted octanol–water partition coefficient (Wildman–Crippen LogP) is 3.91. The molecule has 4 fully saturated rings. The fraction of sp³-hybridized carbons (Fsp3) is 0.846. The molecule has 1 amide bonds. The largest absolute Gasteiger partial charge is 0.467 e. The third kappa shape index (κ3) is 5.14. The van der Waals surface area contributed by atoms with Gasteiger partial charge in [-0.2, -0.15) is 0 Å². The van der Waals surface area contributed by atoms with Crippen LogP contribution in [0.3, 0.4) is 0 Å². The molecule has 2 aliphatic heterocycles. The van der Waals surface area contributed by atoms with Crippen molar-refractivity contribution in [3.63, 3.8) is 0 Å². The summed E-state index contributed by atoms with van der Waals surface area (Å²) in [6.07, 6.45) is 8.23. The van der Waals surface area contributed by atoms with Crippen molar-refractivity contribution >= 4 is 12.1 Å². The van der Waals surface area contributed by atoms with Crippen LogP contribution in [0.15, 0.2) is 11.6 Å². The third-order valence-electron chi connectivity index (χ3n) is 8.35. The first-order valence-electron chi connectivity index (χ1n) is 12.8. The lowest BCUT2D eigenvalue weighted by molar-refractivity contribution is -0.145. The quantitative estimate of drug-likeness (QED) is 0.320. The molecule has 4 rings (SSSR count). The standard InChI is InChI=1S/C26H41NO7/c1-16(2)11-12-19-25(3,34-19)22-21(30-4)18(13-14-26(22)15-32-26)33-24(29)27-20(23(28)31-5)17-9-7-6-8-10-17/h11,17-22H,6-10,12-15H2,1-5H3,(H,27,29)/t18-,19-,20-,21?,22-,25+,26+/m1/s1. The lowest BCUT2D eigenvalue weighted by atomic mass is 9.68. The van der Waals surface area contributed by atoms with E-state index in [1.165, 1.54) is 12.7 Å². The number of amides is 1. The molecule has 4 aliphatic rings. The first-order chi connectivity index (χ1) is 16.2. The van der Waals surface area contributed by atoms with Crippen LogP contribution in [0.25, 0.3) is 0 Å². The fourth-order valence-corrected chi connectivity index (χ4v) is 6.33. The molecule has 8 nitrogen and oxygen atoms in total. The fourth-order valence-electron chi connectivity index (χ4n) is 6.33. The zero-order valence-electron chi connectivity index (χ0n) is 21.3. The Kier molecular flexibility index (Phi) is 7.60. The van der Waals surface area contributed by atoms with Crippen LogP contribution in [0.2, 0.25) is 0 Å². The summed E-state index contributed by atoms with van der Waals surface area (Å²) in [6, 6.07) is -0.686. The highest BCUT2D eigenvalue weighted by Crippen LogP contribution is 2.59. The highest BCUT2D eigenvalue weighted by molar-refractivity contribution is 5.81. The van der Waals surface area contributed by atoms with Gasteiger partial charge in [-0.25, -0.2) is 9.59 Å². The van der Waals surface area contributed by atoms with Crippen LogP contribution in [0.5, 0.6) is 0 Å². The number of hydrogen-bond donors (Lipinski definition) is 1. The molecule has 1 N–H and O–H groups in total. The van der Waals surface area contributed by atoms with Crippen LogP contribution < -0.4 is 5.32 Å². The van der Waals surface area contributed by atoms with Gasteiger partial charge >= 0.3 is 12.1 Å². The number of alkyl carbamates (subject to hydrolysis) is 1. The number of allylic oxidation sites excluding steroid dienone is 1. The average Bonchev–Trinajstić information content (AvgIpc) is 3.74. The number of esters is 1. The Morgan fingerprint density at radius 3 is 2.44 bits per heavy atom. The van der Waals surface area contributed by atoms with E-state index in [1.54, 1.807) is 7.11 Å². The normalized spacial score (nSPS) is 38.0. The zero-order chi connectivity index (χ0) is 24.5. The second kappa shape index (κ2) is 10.2. The lowest BCUT2D eigenvalue weighted by Gasteiger charge is -2.42. The lowest BCUT2D eigenvalue weighted by Crippen LogP contribution is -2.57. The molecule has 0 aromatic heterocycles. The highest BCUT2D eigenvalue weighted by atomic mass is 16.6. The molecule has 34 heavy (non-hydrogen) atoms. The van der Waals surface area contributed by atoms with E-state index in [0.29, 0.717) is 13.0 Å². The van der Waals surface area contributed by atoms with Gasteiger partial charge in [-0.1, -0.05) is 30.9 Å². The van der Waals surface area contributed by atoms with Gasteiger partial charge in [-0.3, -0.25) is 0 Å². The summed E-state index contributed by atoms with van der Waals surface area (Å²) in [5, 5.41) is 2.81. The van der Waals surface area contributed by atoms with Crippen molar-refractivity contribution in [2.45, 2.75) is 108 Å². The number of epoxide rings is 2. The van der Waals surface area contributed by atoms with Crippen molar-refractivity contribution < 1.29 is 33.3 Å². The minimum Gasteiger partial charge on any atom is -0.467 e. The van der Waals surface area contributed by atoms with Gasteiger partial charge in [0.05, 0.1) is 25.7 Å². The van der Waals surface area contributed by atoms with Crippen LogP contribution in [-0.4, -0.2) is 68.4 Å². The molecule has 2 heterocycles. The summed E-state index contributed by atoms with van der Waals surface area (Å²) in [7, 11) is 3.01. The monoisotopic (exact) mass is 479 g/mol. The smallest absolute Gasteiger partial charge is 0.408 e. The molecule has 0 bridgehead atoms. The van der Waals surface area contributed by atoms with Crippen molar-refractivity contribution in [3.05, 3.63) is 11.6 Å². The molecule has 2 saturated heterocycles. The molecule has 1 unspecified atom stereocenters. The van der Waals surface area contributed by atoms with E-state index in [4.69, 9.17) is 23.7 Å². The molecule has 0 radical (unpaired) electrons. The number of carbonyl (C=O) groups excluding carboxylic acids is 2. The Bertz CT molecular complexity index is 784. The van der Waals surface area contributed by atoms with Crippen LogP contribution in [-0.2, 0) is 28.5 Å². The molecule has 8 heteroatoms. The Morgan fingerprint density at radius 2 is 1.85 bits per heavy atom. The predicted molar refractivity (Wildman–Crippen MR) is 125 cm³/mol. The van der Waals surface area contributed by atoms with E-state index in [-0.39, 0.29) is 29.6 Å². The van der Waals surface area contributed by atoms with E-state index in [2.05, 4.69) is 32.2 Å². The molecule has 1 spiro atoms. The number of carbonyl (C=O) groups is 2. The van der Waals surface area contributed by atoms with Crippen molar-refractivity contribution in [1.82, 2.24) is 5.32 Å². The summed E-state index contributed by atoms with van der Waals surface area (Å²) < 4.78 is 29.0. The molecular weight excluding hydrogens is 438 g/mol. The Balaban J connectivity index is 1.44. The van der Waals surface area contributed by atoms with Crippen LogP contribution in [0, 0.1) is 11.8 Å². The number of hydrogen-bond acceptors (Lipinski definition) is 7. The SMILES string of the molecule is COC(=O)[C@H](NC(=O)O[C@@H]1CC[C@]2(CO2)[C@@H]([C@@]2(C)O[C@@H]2CC=C(C)C)C1OC)C1CCCCC1. The van der Waals surface area contributed by atoms with Gasteiger partial charge in [-0.15, -0.1) is 0 Å². The van der Waals surface area contributed by atoms with Crippen molar-refractivity contribution in [3.8, 4) is 0 Å². The van der Waals surface area contributed by atoms with Crippen molar-refractivity contribution in [2.75, 3.05) is 20.8 Å². The maximum absolute atomic E-state index is 13.0. The van der Waals surface area contributed by atoms with E-state index >= 15 is 0 Å². The Morgan fingerprint density at radius 1 is 1.15 bits per heavy atom. The summed E-state index contributed by atoms with van der Waals surface area (Å²) in [5.41, 5.74) is 0.596. The van der Waals surface area contributed by atoms with Gasteiger partial charge in [-0.05, 0) is 58.8 Å². The van der Waals surface area contributed by atoms with Gasteiger partial charge in [0, 0.05) is 7.11 Å². The Hall–Kier alpha value is -1.64. The molecular formula is C26H41NO7. The second-order valence-electron chi connectivity index (χ2n) is 10.9. The van der Waals surface area contributed by atoms with Gasteiger partial charge in [0.2, 0.25) is 0 Å². The summed E-state index contributed by atoms with van der Waals surface area (Å²) >= 11 is 0. The van der Waals surface area contributed by atoms with Crippen LogP contribution >= 0.6 is 0 Å². The molecule has 0 aromatic rings. The maximum atomic E-state index is 13.0. The summed E-state index contributed by atoms with van der Waals surface area (Å²) in [5.74, 6) is -0.384. The van der Waals surface area contributed by atoms with Gasteiger partial charge in [0.25, 0.3) is 0 Å². The molecule has 2 aliphatic carbocycles. The molecule has 0 aromatic carbocycles. The Labute approximate surface area is 203 Å². The minimum atomic E-state index is -0.686. The maximum Gasteiger partial charge on any atom is 0.408 e. The third-order valence-corrected chi connectivity index (χ3v) is 8.35. The van der Waals surface area contributed by atoms with Crippen molar-refractivity contribution in [2.24, 2.45) is 11.8 Å². The van der Waals surface area contributed by atoms with E-state index in [1.807, 2.05) is 0 Å². The number of ether oxygens (including phenoxy) is 5. The number of methoxy groups -OCH3 is 2. The molecule has 192 valence electrons. The topological polar surface area (TPSA) is 98.9 Å². The molecule has 7 atom stereocenters. The van der Waals surface area contributed by atoms with Gasteiger partial charge in [0.15, 0.2) is 0 Å². The number of rotatable bonds is 8. The van der Waals surface area contributed by atoms with Gasteiger partial charge < -0.3 is 29.0 Å². The van der Waals surface area contributed by atoms with Crippen LogP contribution in [0.4, 0.5) is 4.79 Å². The zero-order valence-corrected chi connectivity index (χ0v) is 21.3.